The van der Waals surface area contributed by atoms with Crippen molar-refractivity contribution in [3.63, 3.8) is 0 Å². The van der Waals surface area contributed by atoms with Gasteiger partial charge in [-0.25, -0.2) is 0 Å². The van der Waals surface area contributed by atoms with Gasteiger partial charge in [0.05, 0.1) is 12.6 Å². The van der Waals surface area contributed by atoms with E-state index in [2.05, 4.69) is 10.6 Å². The zero-order chi connectivity index (χ0) is 28.4. The molecule has 5 N–H and O–H groups in total. The Kier molecular flexibility index (Phi) is 9.46. The normalized spacial score (nSPS) is 30.2. The summed E-state index contributed by atoms with van der Waals surface area (Å²) in [4.78, 5) is 28.2. The van der Waals surface area contributed by atoms with E-state index in [-0.39, 0.29) is 30.4 Å². The lowest BCUT2D eigenvalue weighted by Crippen LogP contribution is -2.55. The van der Waals surface area contributed by atoms with Gasteiger partial charge in [0.2, 0.25) is 11.8 Å². The molecule has 0 saturated carbocycles. The number of aliphatic hydroxyl groups is 3. The first-order chi connectivity index (χ1) is 18.5. The molecule has 0 bridgehead atoms. The molecule has 2 saturated heterocycles. The standard InChI is InChI=1S/C29H43N3O7/c1-15(2)24(31-27(36)17(4)30-5)28(37)32-11-7-9-19(32)12-18-13-22(23-16(3)8-6-10-20(18)23)39-29-26(35)25(34)21(33)14-38-29/h6,8,10,13,15,17,19,21-22,24-26,29-30,33-35H,7,9,11-12,14H2,1-5H3,(H,31,36)/t17-,19-,21+,22?,24-,25-,26+,29+/m0/s1. The number of hydrogen-bond donors (Lipinski definition) is 5. The minimum absolute atomic E-state index is 0.0239. The maximum absolute atomic E-state index is 13.7. The summed E-state index contributed by atoms with van der Waals surface area (Å²) in [6.07, 6.45) is -1.12. The number of benzene rings is 1. The summed E-state index contributed by atoms with van der Waals surface area (Å²) in [5.74, 6) is -0.325. The van der Waals surface area contributed by atoms with E-state index in [1.807, 2.05) is 49.9 Å². The molecule has 1 aliphatic carbocycles. The van der Waals surface area contributed by atoms with E-state index in [0.717, 1.165) is 35.1 Å². The Morgan fingerprint density at radius 1 is 1.18 bits per heavy atom. The number of likely N-dealkylation sites (N-methyl/N-ethyl adjacent to an activating group) is 1. The van der Waals surface area contributed by atoms with E-state index in [0.29, 0.717) is 13.0 Å². The number of aliphatic hydroxyl groups excluding tert-OH is 3. The number of amides is 2. The Balaban J connectivity index is 1.53. The minimum atomic E-state index is -1.38. The van der Waals surface area contributed by atoms with Crippen LogP contribution in [0.1, 0.15) is 62.8 Å². The lowest BCUT2D eigenvalue weighted by Gasteiger charge is -2.36. The van der Waals surface area contributed by atoms with Crippen molar-refractivity contribution in [2.75, 3.05) is 20.2 Å². The molecule has 2 aliphatic heterocycles. The highest BCUT2D eigenvalue weighted by molar-refractivity contribution is 5.90. The smallest absolute Gasteiger partial charge is 0.245 e. The van der Waals surface area contributed by atoms with Crippen molar-refractivity contribution in [3.8, 4) is 0 Å². The molecule has 2 fully saturated rings. The Bertz CT molecular complexity index is 1080. The van der Waals surface area contributed by atoms with Gasteiger partial charge in [0.25, 0.3) is 0 Å². The van der Waals surface area contributed by atoms with Gasteiger partial charge in [-0.05, 0) is 74.4 Å². The fourth-order valence-electron chi connectivity index (χ4n) is 5.72. The number of fused-ring (bicyclic) bond motifs is 1. The number of hydrogen-bond acceptors (Lipinski definition) is 8. The number of carbonyl (C=O) groups is 2. The van der Waals surface area contributed by atoms with Crippen molar-refractivity contribution < 1.29 is 34.4 Å². The number of nitrogens with one attached hydrogen (secondary N) is 2. The van der Waals surface area contributed by atoms with Gasteiger partial charge in [-0.1, -0.05) is 32.0 Å². The Hall–Kier alpha value is -2.34. The maximum Gasteiger partial charge on any atom is 0.245 e. The molecule has 2 amide bonds. The molecule has 1 aromatic carbocycles. The molecule has 8 atom stereocenters. The zero-order valence-corrected chi connectivity index (χ0v) is 23.5. The second kappa shape index (κ2) is 12.4. The number of rotatable bonds is 9. The molecule has 1 aromatic rings. The average Bonchev–Trinajstić information content (AvgIpc) is 3.51. The van der Waals surface area contributed by atoms with Crippen molar-refractivity contribution in [2.45, 2.75) is 95.8 Å². The number of likely N-dealkylation sites (tertiary alicyclic amines) is 1. The first kappa shape index (κ1) is 29.6. The van der Waals surface area contributed by atoms with E-state index >= 15 is 0 Å². The van der Waals surface area contributed by atoms with Crippen LogP contribution in [0.2, 0.25) is 0 Å². The van der Waals surface area contributed by atoms with Gasteiger partial charge in [-0.15, -0.1) is 0 Å². The van der Waals surface area contributed by atoms with Crippen LogP contribution in [0, 0.1) is 12.8 Å². The lowest BCUT2D eigenvalue weighted by atomic mass is 9.95. The Morgan fingerprint density at radius 3 is 2.62 bits per heavy atom. The molecule has 3 aliphatic rings. The summed E-state index contributed by atoms with van der Waals surface area (Å²) in [5, 5.41) is 36.2. The van der Waals surface area contributed by atoms with Crippen LogP contribution in [0.4, 0.5) is 0 Å². The summed E-state index contributed by atoms with van der Waals surface area (Å²) in [5.41, 5.74) is 4.06. The zero-order valence-electron chi connectivity index (χ0n) is 23.5. The summed E-state index contributed by atoms with van der Waals surface area (Å²) in [6.45, 7) is 8.15. The van der Waals surface area contributed by atoms with Crippen LogP contribution >= 0.6 is 0 Å². The first-order valence-electron chi connectivity index (χ1n) is 13.9. The van der Waals surface area contributed by atoms with Crippen molar-refractivity contribution in [3.05, 3.63) is 41.0 Å². The summed E-state index contributed by atoms with van der Waals surface area (Å²) in [7, 11) is 1.71. The summed E-state index contributed by atoms with van der Waals surface area (Å²) in [6, 6.07) is 4.99. The SMILES string of the molecule is CN[C@@H](C)C(=O)N[C@H](C(=O)N1CCC[C@H]1CC1=CC(O[C@H]2OC[C@@H](O)[C@H](O)[C@H]2O)c2c(C)cccc21)C(C)C. The van der Waals surface area contributed by atoms with Crippen LogP contribution in [-0.2, 0) is 19.1 Å². The van der Waals surface area contributed by atoms with Gasteiger partial charge in [0, 0.05) is 12.6 Å². The topological polar surface area (TPSA) is 141 Å². The van der Waals surface area contributed by atoms with Gasteiger partial charge in [-0.3, -0.25) is 9.59 Å². The largest absolute Gasteiger partial charge is 0.388 e. The fourth-order valence-corrected chi connectivity index (χ4v) is 5.72. The highest BCUT2D eigenvalue weighted by atomic mass is 16.7. The number of nitrogens with zero attached hydrogens (tertiary/aromatic N) is 1. The molecule has 4 rings (SSSR count). The molecular weight excluding hydrogens is 502 g/mol. The van der Waals surface area contributed by atoms with Crippen molar-refractivity contribution in [1.82, 2.24) is 15.5 Å². The number of carbonyl (C=O) groups excluding carboxylic acids is 2. The van der Waals surface area contributed by atoms with E-state index in [9.17, 15) is 24.9 Å². The summed E-state index contributed by atoms with van der Waals surface area (Å²) < 4.78 is 11.7. The minimum Gasteiger partial charge on any atom is -0.388 e. The van der Waals surface area contributed by atoms with Crippen LogP contribution in [0.25, 0.3) is 5.57 Å². The molecule has 0 spiro atoms. The van der Waals surface area contributed by atoms with E-state index in [4.69, 9.17) is 9.47 Å². The molecule has 1 unspecified atom stereocenters. The number of aryl methyl sites for hydroxylation is 1. The molecule has 2 heterocycles. The quantitative estimate of drug-likeness (QED) is 0.310. The lowest BCUT2D eigenvalue weighted by molar-refractivity contribution is -0.278. The molecule has 10 nitrogen and oxygen atoms in total. The van der Waals surface area contributed by atoms with E-state index in [1.165, 1.54) is 0 Å². The molecule has 216 valence electrons. The molecule has 0 radical (unpaired) electrons. The molecule has 39 heavy (non-hydrogen) atoms. The van der Waals surface area contributed by atoms with Crippen molar-refractivity contribution >= 4 is 17.4 Å². The molecule has 10 heteroatoms. The first-order valence-corrected chi connectivity index (χ1v) is 13.9. The van der Waals surface area contributed by atoms with E-state index in [1.54, 1.807) is 14.0 Å². The van der Waals surface area contributed by atoms with Gasteiger partial charge < -0.3 is 40.3 Å². The Morgan fingerprint density at radius 2 is 1.92 bits per heavy atom. The highest BCUT2D eigenvalue weighted by Gasteiger charge is 2.41. The van der Waals surface area contributed by atoms with Gasteiger partial charge in [0.1, 0.15) is 30.5 Å². The Labute approximate surface area is 230 Å². The second-order valence-electron chi connectivity index (χ2n) is 11.3. The molecular formula is C29H43N3O7. The number of ether oxygens (including phenoxy) is 2. The third-order valence-corrected chi connectivity index (χ3v) is 8.21. The van der Waals surface area contributed by atoms with Crippen molar-refractivity contribution in [2.24, 2.45) is 5.92 Å². The van der Waals surface area contributed by atoms with Gasteiger partial charge in [0.15, 0.2) is 6.29 Å². The summed E-state index contributed by atoms with van der Waals surface area (Å²) >= 11 is 0. The third-order valence-electron chi connectivity index (χ3n) is 8.21. The van der Waals surface area contributed by atoms with Crippen LogP contribution in [0.3, 0.4) is 0 Å². The van der Waals surface area contributed by atoms with Gasteiger partial charge >= 0.3 is 0 Å². The van der Waals surface area contributed by atoms with E-state index < -0.39 is 42.8 Å². The monoisotopic (exact) mass is 545 g/mol. The van der Waals surface area contributed by atoms with Crippen LogP contribution in [0.15, 0.2) is 24.3 Å². The fraction of sp³-hybridized carbons (Fsp3) is 0.655. The predicted molar refractivity (Wildman–Crippen MR) is 145 cm³/mol. The molecule has 0 aromatic heterocycles. The van der Waals surface area contributed by atoms with Crippen LogP contribution in [0.5, 0.6) is 0 Å². The third kappa shape index (κ3) is 6.21. The van der Waals surface area contributed by atoms with Crippen molar-refractivity contribution in [1.29, 1.82) is 0 Å². The predicted octanol–water partition coefficient (Wildman–Crippen LogP) is 1.02. The van der Waals surface area contributed by atoms with Crippen LogP contribution in [-0.4, -0.2) is 95.0 Å². The van der Waals surface area contributed by atoms with Crippen LogP contribution < -0.4 is 10.6 Å². The highest BCUT2D eigenvalue weighted by Crippen LogP contribution is 2.43. The maximum atomic E-state index is 13.7. The van der Waals surface area contributed by atoms with Gasteiger partial charge in [-0.2, -0.15) is 0 Å². The average molecular weight is 546 g/mol. The second-order valence-corrected chi connectivity index (χ2v) is 11.3.